The Morgan fingerprint density at radius 3 is 1.95 bits per heavy atom. The monoisotopic (exact) mass is 283 g/mol. The maximum Gasteiger partial charge on any atom is 0.416 e. The molecule has 0 saturated heterocycles. The van der Waals surface area contributed by atoms with E-state index in [0.29, 0.717) is 16.8 Å². The first-order valence-corrected chi connectivity index (χ1v) is 5.93. The van der Waals surface area contributed by atoms with Gasteiger partial charge in [0.2, 0.25) is 0 Å². The topological polar surface area (TPSA) is 3.24 Å². The molecule has 20 heavy (non-hydrogen) atoms. The third-order valence-corrected chi connectivity index (χ3v) is 2.94. The second kappa shape index (κ2) is 5.15. The van der Waals surface area contributed by atoms with E-state index < -0.39 is 17.6 Å². The average Bonchev–Trinajstić information content (AvgIpc) is 2.37. The second-order valence-electron chi connectivity index (χ2n) is 4.67. The highest BCUT2D eigenvalue weighted by Crippen LogP contribution is 2.32. The standard InChI is InChI=1S/C15H13F4N/c1-20(2)14-8-11(7-13(16)9-14)10-3-5-12(6-4-10)15(17,18)19/h3-9H,1-2H3. The van der Waals surface area contributed by atoms with E-state index in [9.17, 15) is 17.6 Å². The maximum absolute atomic E-state index is 13.5. The van der Waals surface area contributed by atoms with Crippen LogP contribution in [0.15, 0.2) is 42.5 Å². The van der Waals surface area contributed by atoms with Gasteiger partial charge in [0.05, 0.1) is 5.56 Å². The van der Waals surface area contributed by atoms with E-state index in [2.05, 4.69) is 0 Å². The summed E-state index contributed by atoms with van der Waals surface area (Å²) in [6.45, 7) is 0. The van der Waals surface area contributed by atoms with Crippen LogP contribution in [-0.2, 0) is 6.18 Å². The summed E-state index contributed by atoms with van der Waals surface area (Å²) in [4.78, 5) is 1.73. The van der Waals surface area contributed by atoms with Crippen LogP contribution in [0.3, 0.4) is 0 Å². The van der Waals surface area contributed by atoms with Crippen molar-refractivity contribution in [2.24, 2.45) is 0 Å². The van der Waals surface area contributed by atoms with Gasteiger partial charge in [-0.25, -0.2) is 4.39 Å². The molecule has 0 radical (unpaired) electrons. The van der Waals surface area contributed by atoms with Crippen LogP contribution in [0, 0.1) is 5.82 Å². The smallest absolute Gasteiger partial charge is 0.378 e. The number of nitrogens with zero attached hydrogens (tertiary/aromatic N) is 1. The molecule has 0 spiro atoms. The van der Waals surface area contributed by atoms with Crippen molar-refractivity contribution < 1.29 is 17.6 Å². The van der Waals surface area contributed by atoms with Crippen LogP contribution in [0.4, 0.5) is 23.2 Å². The van der Waals surface area contributed by atoms with E-state index in [1.165, 1.54) is 24.3 Å². The van der Waals surface area contributed by atoms with Crippen LogP contribution in [0.25, 0.3) is 11.1 Å². The lowest BCUT2D eigenvalue weighted by atomic mass is 10.0. The Morgan fingerprint density at radius 2 is 1.45 bits per heavy atom. The molecule has 0 amide bonds. The molecule has 0 aliphatic rings. The fourth-order valence-corrected chi connectivity index (χ4v) is 1.85. The number of hydrogen-bond acceptors (Lipinski definition) is 1. The lowest BCUT2D eigenvalue weighted by molar-refractivity contribution is -0.137. The molecule has 5 heteroatoms. The molecule has 0 aliphatic heterocycles. The largest absolute Gasteiger partial charge is 0.416 e. The number of hydrogen-bond donors (Lipinski definition) is 0. The first kappa shape index (κ1) is 14.4. The zero-order valence-electron chi connectivity index (χ0n) is 11.0. The fraction of sp³-hybridized carbons (Fsp3) is 0.200. The van der Waals surface area contributed by atoms with Crippen molar-refractivity contribution in [1.82, 2.24) is 0 Å². The van der Waals surface area contributed by atoms with Crippen molar-refractivity contribution in [1.29, 1.82) is 0 Å². The van der Waals surface area contributed by atoms with Crippen LogP contribution in [-0.4, -0.2) is 14.1 Å². The summed E-state index contributed by atoms with van der Waals surface area (Å²) in [6.07, 6.45) is -4.37. The molecule has 0 atom stereocenters. The van der Waals surface area contributed by atoms with Crippen molar-refractivity contribution in [3.05, 3.63) is 53.8 Å². The van der Waals surface area contributed by atoms with Crippen molar-refractivity contribution in [3.8, 4) is 11.1 Å². The number of alkyl halides is 3. The SMILES string of the molecule is CN(C)c1cc(F)cc(-c2ccc(C(F)(F)F)cc2)c1. The normalized spacial score (nSPS) is 11.5. The Labute approximate surface area is 114 Å². The maximum atomic E-state index is 13.5. The van der Waals surface area contributed by atoms with Gasteiger partial charge in [0.1, 0.15) is 5.82 Å². The van der Waals surface area contributed by atoms with E-state index in [4.69, 9.17) is 0 Å². The average molecular weight is 283 g/mol. The zero-order valence-corrected chi connectivity index (χ0v) is 11.0. The van der Waals surface area contributed by atoms with Crippen LogP contribution < -0.4 is 4.90 Å². The molecular formula is C15H13F4N. The number of rotatable bonds is 2. The Kier molecular flexibility index (Phi) is 3.70. The fourth-order valence-electron chi connectivity index (χ4n) is 1.85. The third-order valence-electron chi connectivity index (χ3n) is 2.94. The number of benzene rings is 2. The molecule has 0 aliphatic carbocycles. The quantitative estimate of drug-likeness (QED) is 0.729. The van der Waals surface area contributed by atoms with Gasteiger partial charge in [0.15, 0.2) is 0 Å². The summed E-state index contributed by atoms with van der Waals surface area (Å²) in [5, 5.41) is 0. The molecule has 0 heterocycles. The number of halogens is 4. The predicted octanol–water partition coefficient (Wildman–Crippen LogP) is 4.58. The van der Waals surface area contributed by atoms with E-state index in [0.717, 1.165) is 12.1 Å². The molecule has 0 unspecified atom stereocenters. The molecule has 0 bridgehead atoms. The van der Waals surface area contributed by atoms with Gasteiger partial charge >= 0.3 is 6.18 Å². The van der Waals surface area contributed by atoms with Crippen molar-refractivity contribution >= 4 is 5.69 Å². The van der Waals surface area contributed by atoms with Gasteiger partial charge in [-0.2, -0.15) is 13.2 Å². The third kappa shape index (κ3) is 3.10. The van der Waals surface area contributed by atoms with Gasteiger partial charge in [-0.3, -0.25) is 0 Å². The molecule has 2 aromatic carbocycles. The second-order valence-corrected chi connectivity index (χ2v) is 4.67. The summed E-state index contributed by atoms with van der Waals surface area (Å²) >= 11 is 0. The van der Waals surface area contributed by atoms with E-state index in [1.54, 1.807) is 25.1 Å². The molecule has 2 rings (SSSR count). The summed E-state index contributed by atoms with van der Waals surface area (Å²) in [5.74, 6) is -0.425. The van der Waals surface area contributed by atoms with Gasteiger partial charge in [-0.15, -0.1) is 0 Å². The Morgan fingerprint density at radius 1 is 0.850 bits per heavy atom. The highest BCUT2D eigenvalue weighted by atomic mass is 19.4. The molecule has 106 valence electrons. The molecule has 0 saturated carbocycles. The van der Waals surface area contributed by atoms with Gasteiger partial charge < -0.3 is 4.90 Å². The zero-order chi connectivity index (χ0) is 14.9. The van der Waals surface area contributed by atoms with E-state index in [-0.39, 0.29) is 0 Å². The highest BCUT2D eigenvalue weighted by molar-refractivity contribution is 5.68. The Bertz CT molecular complexity index is 600. The number of anilines is 1. The molecule has 1 nitrogen and oxygen atoms in total. The first-order valence-electron chi connectivity index (χ1n) is 5.93. The van der Waals surface area contributed by atoms with Crippen LogP contribution in [0.5, 0.6) is 0 Å². The molecule has 0 aromatic heterocycles. The van der Waals surface area contributed by atoms with Crippen LogP contribution in [0.2, 0.25) is 0 Å². The van der Waals surface area contributed by atoms with Crippen LogP contribution in [0.1, 0.15) is 5.56 Å². The predicted molar refractivity (Wildman–Crippen MR) is 71.2 cm³/mol. The van der Waals surface area contributed by atoms with Gasteiger partial charge in [-0.1, -0.05) is 12.1 Å². The van der Waals surface area contributed by atoms with E-state index >= 15 is 0 Å². The minimum atomic E-state index is -4.37. The van der Waals surface area contributed by atoms with Crippen LogP contribution >= 0.6 is 0 Å². The summed E-state index contributed by atoms with van der Waals surface area (Å²) in [7, 11) is 3.54. The molecule has 0 N–H and O–H groups in total. The molecule has 2 aromatic rings. The van der Waals surface area contributed by atoms with Gasteiger partial charge in [0, 0.05) is 19.8 Å². The lowest BCUT2D eigenvalue weighted by Crippen LogP contribution is -2.09. The summed E-state index contributed by atoms with van der Waals surface area (Å²) < 4.78 is 51.0. The Hall–Kier alpha value is -2.04. The highest BCUT2D eigenvalue weighted by Gasteiger charge is 2.29. The summed E-state index contributed by atoms with van der Waals surface area (Å²) in [5.41, 5.74) is 1.02. The van der Waals surface area contributed by atoms with Gasteiger partial charge in [0.25, 0.3) is 0 Å². The van der Waals surface area contributed by atoms with Crippen molar-refractivity contribution in [3.63, 3.8) is 0 Å². The molecular weight excluding hydrogens is 270 g/mol. The minimum Gasteiger partial charge on any atom is -0.378 e. The van der Waals surface area contributed by atoms with Crippen molar-refractivity contribution in [2.45, 2.75) is 6.18 Å². The summed E-state index contributed by atoms with van der Waals surface area (Å²) in [6, 6.07) is 9.08. The van der Waals surface area contributed by atoms with E-state index in [1.807, 2.05) is 0 Å². The first-order chi connectivity index (χ1) is 9.27. The van der Waals surface area contributed by atoms with Crippen molar-refractivity contribution in [2.75, 3.05) is 19.0 Å². The molecule has 0 fully saturated rings. The lowest BCUT2D eigenvalue weighted by Gasteiger charge is -2.14. The van der Waals surface area contributed by atoms with Gasteiger partial charge in [-0.05, 0) is 41.5 Å². The minimum absolute atomic E-state index is 0.425. The Balaban J connectivity index is 2.41.